The summed E-state index contributed by atoms with van der Waals surface area (Å²) in [6, 6.07) is 7.59. The Morgan fingerprint density at radius 2 is 1.81 bits per heavy atom. The van der Waals surface area contributed by atoms with E-state index in [9.17, 15) is 5.11 Å². The van der Waals surface area contributed by atoms with Crippen LogP contribution in [0.25, 0.3) is 0 Å². The van der Waals surface area contributed by atoms with E-state index in [1.807, 2.05) is 23.9 Å². The van der Waals surface area contributed by atoms with Gasteiger partial charge in [-0.1, -0.05) is 39.3 Å². The summed E-state index contributed by atoms with van der Waals surface area (Å²) in [5.74, 6) is 2.73. The molecule has 0 atom stereocenters. The summed E-state index contributed by atoms with van der Waals surface area (Å²) in [5.41, 5.74) is 1.49. The molecule has 0 unspecified atom stereocenters. The van der Waals surface area contributed by atoms with Crippen molar-refractivity contribution in [1.29, 1.82) is 0 Å². The first-order valence-electron chi connectivity index (χ1n) is 5.93. The number of hydrogen-bond donors (Lipinski definition) is 1. The number of rotatable bonds is 6. The van der Waals surface area contributed by atoms with Gasteiger partial charge in [-0.25, -0.2) is 0 Å². The van der Waals surface area contributed by atoms with Gasteiger partial charge in [0.2, 0.25) is 0 Å². The van der Waals surface area contributed by atoms with Crippen LogP contribution in [0.5, 0.6) is 5.75 Å². The topological polar surface area (TPSA) is 20.2 Å². The third kappa shape index (κ3) is 4.09. The summed E-state index contributed by atoms with van der Waals surface area (Å²) in [5, 5.41) is 9.26. The van der Waals surface area contributed by atoms with E-state index in [4.69, 9.17) is 0 Å². The SMILES string of the molecule is CCCCSCC(C)(C)c1ccc(O)cc1. The van der Waals surface area contributed by atoms with Crippen molar-refractivity contribution in [2.24, 2.45) is 0 Å². The molecular weight excluding hydrogens is 216 g/mol. The van der Waals surface area contributed by atoms with Gasteiger partial charge in [0, 0.05) is 5.75 Å². The normalized spacial score (nSPS) is 11.7. The molecule has 0 saturated carbocycles. The standard InChI is InChI=1S/C14H22OS/c1-4-5-10-16-11-14(2,3)12-6-8-13(15)9-7-12/h6-9,15H,4-5,10-11H2,1-3H3. The summed E-state index contributed by atoms with van der Waals surface area (Å²) in [6.45, 7) is 6.75. The average Bonchev–Trinajstić information content (AvgIpc) is 2.25. The fourth-order valence-electron chi connectivity index (χ4n) is 1.57. The predicted molar refractivity (Wildman–Crippen MR) is 73.4 cm³/mol. The highest BCUT2D eigenvalue weighted by Crippen LogP contribution is 2.28. The lowest BCUT2D eigenvalue weighted by atomic mass is 9.87. The number of aromatic hydroxyl groups is 1. The van der Waals surface area contributed by atoms with E-state index in [0.717, 1.165) is 5.75 Å². The molecule has 0 radical (unpaired) electrons. The zero-order valence-corrected chi connectivity index (χ0v) is 11.3. The van der Waals surface area contributed by atoms with Gasteiger partial charge in [0.25, 0.3) is 0 Å². The number of thioether (sulfide) groups is 1. The van der Waals surface area contributed by atoms with Crippen LogP contribution in [-0.4, -0.2) is 16.6 Å². The second-order valence-electron chi connectivity index (χ2n) is 4.84. The Balaban J connectivity index is 2.52. The number of phenolic OH excluding ortho intramolecular Hbond substituents is 1. The van der Waals surface area contributed by atoms with Gasteiger partial charge in [-0.2, -0.15) is 11.8 Å². The molecule has 90 valence electrons. The highest BCUT2D eigenvalue weighted by molar-refractivity contribution is 7.99. The van der Waals surface area contributed by atoms with E-state index < -0.39 is 0 Å². The first-order valence-corrected chi connectivity index (χ1v) is 7.09. The maximum atomic E-state index is 9.26. The van der Waals surface area contributed by atoms with Gasteiger partial charge in [-0.15, -0.1) is 0 Å². The minimum absolute atomic E-state index is 0.187. The van der Waals surface area contributed by atoms with Crippen molar-refractivity contribution in [3.05, 3.63) is 29.8 Å². The number of unbranched alkanes of at least 4 members (excludes halogenated alkanes) is 1. The molecule has 0 aliphatic heterocycles. The predicted octanol–water partition coefficient (Wildman–Crippen LogP) is 4.20. The number of benzene rings is 1. The first kappa shape index (κ1) is 13.4. The number of phenols is 1. The van der Waals surface area contributed by atoms with Crippen molar-refractivity contribution in [3.8, 4) is 5.75 Å². The molecule has 1 N–H and O–H groups in total. The summed E-state index contributed by atoms with van der Waals surface area (Å²) in [4.78, 5) is 0. The highest BCUT2D eigenvalue weighted by atomic mass is 32.2. The Morgan fingerprint density at radius 3 is 2.38 bits per heavy atom. The van der Waals surface area contributed by atoms with Crippen LogP contribution in [0.3, 0.4) is 0 Å². The van der Waals surface area contributed by atoms with Crippen LogP contribution in [0.2, 0.25) is 0 Å². The fraction of sp³-hybridized carbons (Fsp3) is 0.571. The molecule has 0 spiro atoms. The van der Waals surface area contributed by atoms with Crippen molar-refractivity contribution in [2.45, 2.75) is 39.0 Å². The Labute approximate surface area is 103 Å². The quantitative estimate of drug-likeness (QED) is 0.749. The van der Waals surface area contributed by atoms with Gasteiger partial charge in [0.1, 0.15) is 5.75 Å². The summed E-state index contributed by atoms with van der Waals surface area (Å²) < 4.78 is 0. The van der Waals surface area contributed by atoms with E-state index in [-0.39, 0.29) is 5.41 Å². The summed E-state index contributed by atoms with van der Waals surface area (Å²) in [6.07, 6.45) is 2.57. The Morgan fingerprint density at radius 1 is 1.19 bits per heavy atom. The molecule has 0 bridgehead atoms. The van der Waals surface area contributed by atoms with Gasteiger partial charge in [-0.05, 0) is 35.3 Å². The molecule has 1 aromatic rings. The van der Waals surface area contributed by atoms with Gasteiger partial charge in [-0.3, -0.25) is 0 Å². The Kier molecular flexibility index (Phi) is 5.20. The minimum atomic E-state index is 0.187. The third-order valence-corrected chi connectivity index (χ3v) is 4.26. The fourth-order valence-corrected chi connectivity index (χ4v) is 2.88. The smallest absolute Gasteiger partial charge is 0.115 e. The van der Waals surface area contributed by atoms with Crippen LogP contribution in [0.15, 0.2) is 24.3 Å². The maximum absolute atomic E-state index is 9.26. The summed E-state index contributed by atoms with van der Waals surface area (Å²) >= 11 is 2.02. The van der Waals surface area contributed by atoms with E-state index in [0.29, 0.717) is 5.75 Å². The van der Waals surface area contributed by atoms with Gasteiger partial charge in [0.05, 0.1) is 0 Å². The van der Waals surface area contributed by atoms with E-state index in [1.54, 1.807) is 12.1 Å². The molecule has 1 rings (SSSR count). The van der Waals surface area contributed by atoms with Crippen molar-refractivity contribution in [1.82, 2.24) is 0 Å². The lowest BCUT2D eigenvalue weighted by molar-refractivity contribution is 0.474. The monoisotopic (exact) mass is 238 g/mol. The Bertz CT molecular complexity index is 303. The molecule has 1 aromatic carbocycles. The molecule has 1 nitrogen and oxygen atoms in total. The second-order valence-corrected chi connectivity index (χ2v) is 5.94. The largest absolute Gasteiger partial charge is 0.508 e. The van der Waals surface area contributed by atoms with E-state index in [2.05, 4.69) is 20.8 Å². The van der Waals surface area contributed by atoms with Crippen LogP contribution in [0, 0.1) is 0 Å². The molecule has 16 heavy (non-hydrogen) atoms. The van der Waals surface area contributed by atoms with Gasteiger partial charge in [0.15, 0.2) is 0 Å². The number of hydrogen-bond acceptors (Lipinski definition) is 2. The van der Waals surface area contributed by atoms with Crippen LogP contribution in [0.4, 0.5) is 0 Å². The van der Waals surface area contributed by atoms with Crippen molar-refractivity contribution in [3.63, 3.8) is 0 Å². The Hall–Kier alpha value is -0.630. The van der Waals surface area contributed by atoms with Crippen LogP contribution in [-0.2, 0) is 5.41 Å². The lowest BCUT2D eigenvalue weighted by Gasteiger charge is -2.24. The van der Waals surface area contributed by atoms with E-state index in [1.165, 1.54) is 24.2 Å². The molecule has 2 heteroatoms. The summed E-state index contributed by atoms with van der Waals surface area (Å²) in [7, 11) is 0. The second kappa shape index (κ2) is 6.19. The molecule has 0 amide bonds. The van der Waals surface area contributed by atoms with Gasteiger partial charge < -0.3 is 5.11 Å². The molecule has 0 fully saturated rings. The lowest BCUT2D eigenvalue weighted by Crippen LogP contribution is -2.20. The van der Waals surface area contributed by atoms with Crippen LogP contribution < -0.4 is 0 Å². The van der Waals surface area contributed by atoms with Crippen molar-refractivity contribution >= 4 is 11.8 Å². The third-order valence-electron chi connectivity index (χ3n) is 2.75. The molecule has 0 aliphatic rings. The zero-order valence-electron chi connectivity index (χ0n) is 10.5. The maximum Gasteiger partial charge on any atom is 0.115 e. The zero-order chi connectivity index (χ0) is 12.0. The molecular formula is C14H22OS. The van der Waals surface area contributed by atoms with Crippen molar-refractivity contribution < 1.29 is 5.11 Å². The van der Waals surface area contributed by atoms with E-state index >= 15 is 0 Å². The molecule has 0 aromatic heterocycles. The minimum Gasteiger partial charge on any atom is -0.508 e. The van der Waals surface area contributed by atoms with Crippen LogP contribution >= 0.6 is 11.8 Å². The van der Waals surface area contributed by atoms with Crippen LogP contribution in [0.1, 0.15) is 39.2 Å². The van der Waals surface area contributed by atoms with Gasteiger partial charge >= 0.3 is 0 Å². The molecule has 0 heterocycles. The molecule has 0 aliphatic carbocycles. The average molecular weight is 238 g/mol. The highest BCUT2D eigenvalue weighted by Gasteiger charge is 2.20. The first-order chi connectivity index (χ1) is 7.56. The molecule has 0 saturated heterocycles. The van der Waals surface area contributed by atoms with Crippen molar-refractivity contribution in [2.75, 3.05) is 11.5 Å².